The van der Waals surface area contributed by atoms with Crippen LogP contribution in [0.2, 0.25) is 5.02 Å². The zero-order valence-electron chi connectivity index (χ0n) is 7.07. The van der Waals surface area contributed by atoms with Crippen molar-refractivity contribution in [1.29, 1.82) is 0 Å². The number of nitrogen functional groups attached to an aromatic ring is 2. The normalized spacial score (nSPS) is 8.67. The summed E-state index contributed by atoms with van der Waals surface area (Å²) in [5.74, 6) is -0.542. The molecule has 12 heavy (non-hydrogen) atoms. The molecule has 0 aliphatic rings. The van der Waals surface area contributed by atoms with E-state index >= 15 is 0 Å². The Labute approximate surface area is 76.3 Å². The average Bonchev–Trinajstić information content (AvgIpc) is 2.12. The standard InChI is InChI=1S/C6H6ClFN2.C2H6/c7-5-4(9)2-1-3(8)6(5)10;1-2/h1-2H,9-10H2;1-2H3. The molecule has 0 amide bonds. The largest absolute Gasteiger partial charge is 0.397 e. The van der Waals surface area contributed by atoms with Crippen molar-refractivity contribution in [3.8, 4) is 0 Å². The summed E-state index contributed by atoms with van der Waals surface area (Å²) >= 11 is 5.49. The summed E-state index contributed by atoms with van der Waals surface area (Å²) in [7, 11) is 0. The van der Waals surface area contributed by atoms with E-state index in [4.69, 9.17) is 23.1 Å². The summed E-state index contributed by atoms with van der Waals surface area (Å²) in [6, 6.07) is 2.55. The van der Waals surface area contributed by atoms with Gasteiger partial charge in [0, 0.05) is 0 Å². The molecule has 0 fully saturated rings. The van der Waals surface area contributed by atoms with Crippen molar-refractivity contribution in [3.63, 3.8) is 0 Å². The quantitative estimate of drug-likeness (QED) is 0.618. The van der Waals surface area contributed by atoms with Crippen molar-refractivity contribution in [3.05, 3.63) is 23.0 Å². The molecule has 1 rings (SSSR count). The number of halogens is 2. The maximum atomic E-state index is 12.5. The summed E-state index contributed by atoms with van der Waals surface area (Å²) in [6.07, 6.45) is 0. The van der Waals surface area contributed by atoms with E-state index in [1.165, 1.54) is 12.1 Å². The molecule has 0 saturated heterocycles. The van der Waals surface area contributed by atoms with Crippen molar-refractivity contribution < 1.29 is 4.39 Å². The summed E-state index contributed by atoms with van der Waals surface area (Å²) in [5.41, 5.74) is 10.7. The third-order valence-corrected chi connectivity index (χ3v) is 1.58. The Balaban J connectivity index is 0.000000561. The van der Waals surface area contributed by atoms with Crippen LogP contribution in [0.15, 0.2) is 12.1 Å². The lowest BCUT2D eigenvalue weighted by molar-refractivity contribution is 0.633. The molecule has 1 aromatic rings. The van der Waals surface area contributed by atoms with Crippen LogP contribution >= 0.6 is 11.6 Å². The molecule has 0 spiro atoms. The fourth-order valence-electron chi connectivity index (χ4n) is 0.586. The van der Waals surface area contributed by atoms with Crippen LogP contribution in [-0.2, 0) is 0 Å². The minimum atomic E-state index is -0.542. The minimum Gasteiger partial charge on any atom is -0.397 e. The third kappa shape index (κ3) is 2.27. The van der Waals surface area contributed by atoms with Gasteiger partial charge in [-0.25, -0.2) is 4.39 Å². The van der Waals surface area contributed by atoms with Gasteiger partial charge in [-0.05, 0) is 12.1 Å². The first-order valence-electron chi connectivity index (χ1n) is 3.62. The van der Waals surface area contributed by atoms with Gasteiger partial charge in [0.2, 0.25) is 0 Å². The van der Waals surface area contributed by atoms with Gasteiger partial charge in [-0.2, -0.15) is 0 Å². The van der Waals surface area contributed by atoms with E-state index in [-0.39, 0.29) is 10.7 Å². The molecular weight excluding hydrogens is 179 g/mol. The van der Waals surface area contributed by atoms with Gasteiger partial charge in [-0.15, -0.1) is 0 Å². The zero-order chi connectivity index (χ0) is 9.72. The molecular formula is C8H12ClFN2. The average molecular weight is 191 g/mol. The molecule has 0 aliphatic heterocycles. The van der Waals surface area contributed by atoms with Crippen molar-refractivity contribution >= 4 is 23.0 Å². The molecule has 0 atom stereocenters. The number of anilines is 2. The number of hydrogen-bond donors (Lipinski definition) is 2. The van der Waals surface area contributed by atoms with E-state index in [0.29, 0.717) is 5.69 Å². The highest BCUT2D eigenvalue weighted by atomic mass is 35.5. The molecule has 0 saturated carbocycles. The molecule has 0 heterocycles. The Bertz CT molecular complexity index is 236. The van der Waals surface area contributed by atoms with E-state index in [1.807, 2.05) is 13.8 Å². The van der Waals surface area contributed by atoms with Crippen LogP contribution in [-0.4, -0.2) is 0 Å². The molecule has 0 aromatic heterocycles. The van der Waals surface area contributed by atoms with Gasteiger partial charge in [0.15, 0.2) is 0 Å². The molecule has 0 aliphatic carbocycles. The number of rotatable bonds is 0. The summed E-state index contributed by atoms with van der Waals surface area (Å²) in [4.78, 5) is 0. The van der Waals surface area contributed by atoms with Gasteiger partial charge >= 0.3 is 0 Å². The third-order valence-electron chi connectivity index (χ3n) is 1.16. The van der Waals surface area contributed by atoms with Gasteiger partial charge in [0.1, 0.15) is 5.82 Å². The van der Waals surface area contributed by atoms with Gasteiger partial charge in [0.25, 0.3) is 0 Å². The first-order chi connectivity index (χ1) is 5.63. The van der Waals surface area contributed by atoms with Gasteiger partial charge < -0.3 is 11.5 Å². The second-order valence-corrected chi connectivity index (χ2v) is 2.24. The topological polar surface area (TPSA) is 52.0 Å². The molecule has 2 nitrogen and oxygen atoms in total. The van der Waals surface area contributed by atoms with Crippen LogP contribution in [0.1, 0.15) is 13.8 Å². The fraction of sp³-hybridized carbons (Fsp3) is 0.250. The van der Waals surface area contributed by atoms with Crippen LogP contribution in [0, 0.1) is 5.82 Å². The highest BCUT2D eigenvalue weighted by Gasteiger charge is 2.04. The molecule has 0 bridgehead atoms. The molecule has 1 aromatic carbocycles. The number of nitrogens with two attached hydrogens (primary N) is 2. The number of benzene rings is 1. The highest BCUT2D eigenvalue weighted by Crippen LogP contribution is 2.27. The van der Waals surface area contributed by atoms with Crippen molar-refractivity contribution in [2.24, 2.45) is 0 Å². The lowest BCUT2D eigenvalue weighted by Gasteiger charge is -2.01. The number of hydrogen-bond acceptors (Lipinski definition) is 2. The second kappa shape index (κ2) is 4.83. The Kier molecular flexibility index (Phi) is 4.44. The lowest BCUT2D eigenvalue weighted by atomic mass is 10.3. The predicted octanol–water partition coefficient (Wildman–Crippen LogP) is 2.67. The maximum absolute atomic E-state index is 12.5. The van der Waals surface area contributed by atoms with E-state index < -0.39 is 5.82 Å². The lowest BCUT2D eigenvalue weighted by Crippen LogP contribution is -1.95. The van der Waals surface area contributed by atoms with Crippen molar-refractivity contribution in [1.82, 2.24) is 0 Å². The van der Waals surface area contributed by atoms with Gasteiger partial charge in [-0.3, -0.25) is 0 Å². The Morgan fingerprint density at radius 2 is 1.75 bits per heavy atom. The minimum absolute atomic E-state index is 0.0833. The Morgan fingerprint density at radius 3 is 2.17 bits per heavy atom. The van der Waals surface area contributed by atoms with E-state index in [2.05, 4.69) is 0 Å². The fourth-order valence-corrected chi connectivity index (χ4v) is 0.739. The summed E-state index contributed by atoms with van der Waals surface area (Å²) < 4.78 is 12.5. The first kappa shape index (κ1) is 11.0. The molecule has 4 N–H and O–H groups in total. The van der Waals surface area contributed by atoms with Crippen LogP contribution in [0.5, 0.6) is 0 Å². The summed E-state index contributed by atoms with van der Waals surface area (Å²) in [6.45, 7) is 4.00. The van der Waals surface area contributed by atoms with Crippen molar-refractivity contribution in [2.75, 3.05) is 11.5 Å². The van der Waals surface area contributed by atoms with Crippen molar-refractivity contribution in [2.45, 2.75) is 13.8 Å². The molecule has 4 heteroatoms. The molecule has 0 unspecified atom stereocenters. The van der Waals surface area contributed by atoms with E-state index in [1.54, 1.807) is 0 Å². The zero-order valence-corrected chi connectivity index (χ0v) is 7.82. The van der Waals surface area contributed by atoms with Crippen LogP contribution in [0.3, 0.4) is 0 Å². The Morgan fingerprint density at radius 1 is 1.25 bits per heavy atom. The van der Waals surface area contributed by atoms with Gasteiger partial charge in [-0.1, -0.05) is 25.4 Å². The highest BCUT2D eigenvalue weighted by molar-refractivity contribution is 6.35. The SMILES string of the molecule is CC.Nc1ccc(F)c(N)c1Cl. The first-order valence-corrected chi connectivity index (χ1v) is 3.99. The summed E-state index contributed by atoms with van der Waals surface area (Å²) in [5, 5.41) is 0.0833. The van der Waals surface area contributed by atoms with E-state index in [0.717, 1.165) is 0 Å². The molecule has 0 radical (unpaired) electrons. The monoisotopic (exact) mass is 190 g/mol. The van der Waals surface area contributed by atoms with Gasteiger partial charge in [0.05, 0.1) is 16.4 Å². The smallest absolute Gasteiger partial charge is 0.147 e. The van der Waals surface area contributed by atoms with Crippen LogP contribution in [0.25, 0.3) is 0 Å². The molecule has 68 valence electrons. The Hall–Kier alpha value is -0.960. The maximum Gasteiger partial charge on any atom is 0.147 e. The van der Waals surface area contributed by atoms with Crippen LogP contribution in [0.4, 0.5) is 15.8 Å². The van der Waals surface area contributed by atoms with Crippen LogP contribution < -0.4 is 11.5 Å². The predicted molar refractivity (Wildman–Crippen MR) is 51.6 cm³/mol. The van der Waals surface area contributed by atoms with E-state index in [9.17, 15) is 4.39 Å². The second-order valence-electron chi connectivity index (χ2n) is 1.86.